The maximum Gasteiger partial charge on any atom is 0.237 e. The van der Waals surface area contributed by atoms with Crippen LogP contribution in [0.2, 0.25) is 0 Å². The van der Waals surface area contributed by atoms with Crippen molar-refractivity contribution in [3.63, 3.8) is 0 Å². The number of nitrogens with one attached hydrogen (secondary N) is 1. The molecule has 15 heavy (non-hydrogen) atoms. The number of amides is 1. The molecule has 86 valence electrons. The Hall–Kier alpha value is -0.610. The van der Waals surface area contributed by atoms with Gasteiger partial charge in [-0.25, -0.2) is 0 Å². The first-order valence-corrected chi connectivity index (χ1v) is 5.94. The predicted octanol–water partition coefficient (Wildman–Crippen LogP) is 0.551. The molecule has 1 aliphatic carbocycles. The van der Waals surface area contributed by atoms with E-state index in [1.807, 2.05) is 0 Å². The molecule has 2 fully saturated rings. The quantitative estimate of drug-likeness (QED) is 0.715. The van der Waals surface area contributed by atoms with Crippen LogP contribution in [0.25, 0.3) is 0 Å². The van der Waals surface area contributed by atoms with Crippen molar-refractivity contribution in [2.75, 3.05) is 6.61 Å². The van der Waals surface area contributed by atoms with Gasteiger partial charge in [-0.3, -0.25) is 4.79 Å². The van der Waals surface area contributed by atoms with Gasteiger partial charge in [0.25, 0.3) is 0 Å². The zero-order chi connectivity index (χ0) is 10.7. The molecule has 2 rings (SSSR count). The second-order valence-corrected chi connectivity index (χ2v) is 4.58. The van der Waals surface area contributed by atoms with Crippen molar-refractivity contribution >= 4 is 5.91 Å². The fraction of sp³-hybridized carbons (Fsp3) is 0.909. The van der Waals surface area contributed by atoms with Gasteiger partial charge in [-0.1, -0.05) is 12.8 Å². The molecule has 2 aliphatic rings. The van der Waals surface area contributed by atoms with E-state index in [1.54, 1.807) is 0 Å². The Labute approximate surface area is 90.5 Å². The molecule has 0 bridgehead atoms. The lowest BCUT2D eigenvalue weighted by Gasteiger charge is -2.24. The van der Waals surface area contributed by atoms with E-state index < -0.39 is 0 Å². The summed E-state index contributed by atoms with van der Waals surface area (Å²) in [7, 11) is 0. The smallest absolute Gasteiger partial charge is 0.237 e. The number of carbonyl (C=O) groups excluding carboxylic acids is 1. The Morgan fingerprint density at radius 3 is 2.53 bits per heavy atom. The van der Waals surface area contributed by atoms with Crippen LogP contribution in [0.4, 0.5) is 0 Å². The van der Waals surface area contributed by atoms with Crippen LogP contribution in [0.3, 0.4) is 0 Å². The van der Waals surface area contributed by atoms with Crippen molar-refractivity contribution in [2.45, 2.75) is 56.7 Å². The number of hydrogen-bond donors (Lipinski definition) is 2. The normalized spacial score (nSPS) is 29.5. The van der Waals surface area contributed by atoms with Gasteiger partial charge in [0, 0.05) is 12.6 Å². The molecule has 1 saturated carbocycles. The number of hydrogen-bond acceptors (Lipinski definition) is 3. The standard InChI is InChI=1S/C11H20N2O2/c12-11(14)10(9-6-3-7-15-9)13-8-4-1-2-5-8/h8-10,13H,1-7H2,(H2,12,14). The van der Waals surface area contributed by atoms with Gasteiger partial charge in [0.15, 0.2) is 0 Å². The average molecular weight is 212 g/mol. The van der Waals surface area contributed by atoms with E-state index in [-0.39, 0.29) is 18.1 Å². The minimum absolute atomic E-state index is 0.00287. The minimum Gasteiger partial charge on any atom is -0.376 e. The first-order valence-electron chi connectivity index (χ1n) is 5.94. The largest absolute Gasteiger partial charge is 0.376 e. The summed E-state index contributed by atoms with van der Waals surface area (Å²) in [5.74, 6) is -0.270. The maximum absolute atomic E-state index is 11.4. The van der Waals surface area contributed by atoms with Crippen molar-refractivity contribution in [2.24, 2.45) is 5.73 Å². The first kappa shape index (κ1) is 10.9. The van der Waals surface area contributed by atoms with E-state index in [2.05, 4.69) is 5.32 Å². The van der Waals surface area contributed by atoms with Gasteiger partial charge >= 0.3 is 0 Å². The van der Waals surface area contributed by atoms with Gasteiger partial charge in [0.1, 0.15) is 6.04 Å². The third-order valence-corrected chi connectivity index (χ3v) is 3.41. The van der Waals surface area contributed by atoms with Crippen LogP contribution in [0, 0.1) is 0 Å². The first-order chi connectivity index (χ1) is 7.27. The molecule has 2 atom stereocenters. The molecule has 0 aromatic carbocycles. The van der Waals surface area contributed by atoms with Crippen LogP contribution < -0.4 is 11.1 Å². The average Bonchev–Trinajstić information content (AvgIpc) is 2.87. The third-order valence-electron chi connectivity index (χ3n) is 3.41. The summed E-state index contributed by atoms with van der Waals surface area (Å²) in [6.07, 6.45) is 6.84. The van der Waals surface area contributed by atoms with Crippen molar-refractivity contribution in [3.05, 3.63) is 0 Å². The molecule has 0 spiro atoms. The second-order valence-electron chi connectivity index (χ2n) is 4.58. The van der Waals surface area contributed by atoms with Crippen LogP contribution in [0.15, 0.2) is 0 Å². The summed E-state index contributed by atoms with van der Waals surface area (Å²) in [6.45, 7) is 0.765. The third kappa shape index (κ3) is 2.69. The fourth-order valence-corrected chi connectivity index (χ4v) is 2.58. The van der Waals surface area contributed by atoms with E-state index in [9.17, 15) is 4.79 Å². The van der Waals surface area contributed by atoms with Crippen molar-refractivity contribution in [3.8, 4) is 0 Å². The molecule has 1 heterocycles. The molecular formula is C11H20N2O2. The number of nitrogens with two attached hydrogens (primary N) is 1. The molecule has 0 aromatic rings. The van der Waals surface area contributed by atoms with Gasteiger partial charge in [-0.05, 0) is 25.7 Å². The summed E-state index contributed by atoms with van der Waals surface area (Å²) in [6, 6.07) is 0.183. The van der Waals surface area contributed by atoms with E-state index in [1.165, 1.54) is 12.8 Å². The number of rotatable bonds is 4. The van der Waals surface area contributed by atoms with Crippen LogP contribution in [-0.4, -0.2) is 30.7 Å². The zero-order valence-electron chi connectivity index (χ0n) is 9.08. The lowest BCUT2D eigenvalue weighted by molar-refractivity contribution is -0.123. The number of ether oxygens (including phenoxy) is 1. The van der Waals surface area contributed by atoms with Gasteiger partial charge in [0.05, 0.1) is 6.10 Å². The minimum atomic E-state index is -0.282. The molecule has 4 nitrogen and oxygen atoms in total. The van der Waals surface area contributed by atoms with Crippen LogP contribution >= 0.6 is 0 Å². The Balaban J connectivity index is 1.89. The predicted molar refractivity (Wildman–Crippen MR) is 57.3 cm³/mol. The molecule has 3 N–H and O–H groups in total. The van der Waals surface area contributed by atoms with Crippen molar-refractivity contribution in [1.82, 2.24) is 5.32 Å². The molecule has 1 aliphatic heterocycles. The highest BCUT2D eigenvalue weighted by molar-refractivity contribution is 5.80. The van der Waals surface area contributed by atoms with Crippen LogP contribution in [-0.2, 0) is 9.53 Å². The molecular weight excluding hydrogens is 192 g/mol. The number of primary amides is 1. The highest BCUT2D eigenvalue weighted by Gasteiger charge is 2.32. The van der Waals surface area contributed by atoms with E-state index in [0.717, 1.165) is 32.3 Å². The number of carbonyl (C=O) groups is 1. The summed E-state index contributed by atoms with van der Waals surface area (Å²) < 4.78 is 5.52. The Morgan fingerprint density at radius 1 is 1.27 bits per heavy atom. The molecule has 2 unspecified atom stereocenters. The molecule has 1 saturated heterocycles. The highest BCUT2D eigenvalue weighted by atomic mass is 16.5. The van der Waals surface area contributed by atoms with Crippen LogP contribution in [0.5, 0.6) is 0 Å². The summed E-state index contributed by atoms with van der Waals surface area (Å²) in [4.78, 5) is 11.4. The van der Waals surface area contributed by atoms with E-state index in [0.29, 0.717) is 6.04 Å². The Morgan fingerprint density at radius 2 is 2.00 bits per heavy atom. The molecule has 0 aromatic heterocycles. The van der Waals surface area contributed by atoms with Gasteiger partial charge in [0.2, 0.25) is 5.91 Å². The monoisotopic (exact) mass is 212 g/mol. The Bertz CT molecular complexity index is 221. The molecule has 1 amide bonds. The molecule has 4 heteroatoms. The SMILES string of the molecule is NC(=O)C(NC1CCCC1)C1CCCO1. The van der Waals surface area contributed by atoms with E-state index in [4.69, 9.17) is 10.5 Å². The Kier molecular flexibility index (Phi) is 3.59. The van der Waals surface area contributed by atoms with Gasteiger partial charge in [-0.2, -0.15) is 0 Å². The van der Waals surface area contributed by atoms with Crippen molar-refractivity contribution in [1.29, 1.82) is 0 Å². The summed E-state index contributed by atoms with van der Waals surface area (Å²) >= 11 is 0. The van der Waals surface area contributed by atoms with E-state index >= 15 is 0 Å². The van der Waals surface area contributed by atoms with Gasteiger partial charge < -0.3 is 15.8 Å². The second kappa shape index (κ2) is 4.94. The zero-order valence-corrected chi connectivity index (χ0v) is 9.08. The van der Waals surface area contributed by atoms with Gasteiger partial charge in [-0.15, -0.1) is 0 Å². The lowest BCUT2D eigenvalue weighted by atomic mass is 10.1. The summed E-state index contributed by atoms with van der Waals surface area (Å²) in [5, 5.41) is 3.36. The van der Waals surface area contributed by atoms with Crippen molar-refractivity contribution < 1.29 is 9.53 Å². The fourth-order valence-electron chi connectivity index (χ4n) is 2.58. The lowest BCUT2D eigenvalue weighted by Crippen LogP contribution is -2.52. The topological polar surface area (TPSA) is 64.4 Å². The summed E-state index contributed by atoms with van der Waals surface area (Å²) in [5.41, 5.74) is 5.41. The highest BCUT2D eigenvalue weighted by Crippen LogP contribution is 2.21. The van der Waals surface area contributed by atoms with Crippen LogP contribution in [0.1, 0.15) is 38.5 Å². The maximum atomic E-state index is 11.4. The molecule has 0 radical (unpaired) electrons.